The van der Waals surface area contributed by atoms with Gasteiger partial charge in [-0.15, -0.1) is 23.2 Å². The average molecular weight is 466 g/mol. The molecule has 2 aliphatic rings. The zero-order valence-electron chi connectivity index (χ0n) is 12.8. The quantitative estimate of drug-likeness (QED) is 0.411. The van der Waals surface area contributed by atoms with Crippen molar-refractivity contribution < 1.29 is 14.7 Å². The lowest BCUT2D eigenvalue weighted by Crippen LogP contribution is -2.55. The highest BCUT2D eigenvalue weighted by Gasteiger charge is 2.72. The molecule has 25 heavy (non-hydrogen) atoms. The van der Waals surface area contributed by atoms with Gasteiger partial charge in [-0.2, -0.15) is 0 Å². The van der Waals surface area contributed by atoms with Crippen LogP contribution in [0.2, 0.25) is 5.02 Å². The van der Waals surface area contributed by atoms with Crippen molar-refractivity contribution in [3.8, 4) is 5.75 Å². The maximum atomic E-state index is 13.0. The van der Waals surface area contributed by atoms with Crippen molar-refractivity contribution in [1.82, 2.24) is 4.90 Å². The molecule has 1 aliphatic heterocycles. The van der Waals surface area contributed by atoms with Crippen LogP contribution in [-0.4, -0.2) is 37.0 Å². The molecule has 1 heterocycles. The Kier molecular flexibility index (Phi) is 4.73. The van der Waals surface area contributed by atoms with Gasteiger partial charge in [-0.05, 0) is 29.7 Å². The number of nitrogens with zero attached hydrogens (tertiary/aromatic N) is 1. The number of hydrogen-bond donors (Lipinski definition) is 1. The predicted molar refractivity (Wildman–Crippen MR) is 102 cm³/mol. The average Bonchev–Trinajstić information content (AvgIpc) is 2.72. The van der Waals surface area contributed by atoms with Crippen molar-refractivity contribution in [3.05, 3.63) is 53.1 Å². The number of likely N-dealkylation sites (tertiary alicyclic amines) is 1. The summed E-state index contributed by atoms with van der Waals surface area (Å²) in [5.41, 5.74) is 1.13. The summed E-state index contributed by atoms with van der Waals surface area (Å²) >= 11 is 22.9. The molecular formula is C17H13BrCl3NO3. The number of fused-ring (bicyclic) bond motifs is 1. The maximum absolute atomic E-state index is 13.0. The van der Waals surface area contributed by atoms with Crippen molar-refractivity contribution in [2.45, 2.75) is 22.1 Å². The van der Waals surface area contributed by atoms with E-state index in [0.717, 1.165) is 4.90 Å². The van der Waals surface area contributed by atoms with Gasteiger partial charge in [-0.25, -0.2) is 0 Å². The Hall–Kier alpha value is -1.01. The van der Waals surface area contributed by atoms with Gasteiger partial charge in [-0.3, -0.25) is 14.5 Å². The Morgan fingerprint density at radius 1 is 1.36 bits per heavy atom. The second-order valence-corrected chi connectivity index (χ2v) is 8.07. The molecule has 3 unspecified atom stereocenters. The van der Waals surface area contributed by atoms with E-state index in [-0.39, 0.29) is 22.6 Å². The highest BCUT2D eigenvalue weighted by molar-refractivity contribution is 9.09. The van der Waals surface area contributed by atoms with Gasteiger partial charge < -0.3 is 5.11 Å². The van der Waals surface area contributed by atoms with E-state index in [1.165, 1.54) is 12.1 Å². The van der Waals surface area contributed by atoms with Crippen LogP contribution in [0.4, 0.5) is 0 Å². The number of allylic oxidation sites excluding steroid dienone is 3. The lowest BCUT2D eigenvalue weighted by atomic mass is 9.68. The SMILES string of the molecule is C=CC1=CCC2(Cl)C(=O)N(CBr)C(=O)C2(Cl)C1c1ccc(O)cc1Cl. The topological polar surface area (TPSA) is 57.6 Å². The first-order valence-corrected chi connectivity index (χ1v) is 9.59. The number of alkyl halides is 3. The molecule has 8 heteroatoms. The lowest BCUT2D eigenvalue weighted by Gasteiger charge is -2.42. The predicted octanol–water partition coefficient (Wildman–Crippen LogP) is 4.32. The van der Waals surface area contributed by atoms with E-state index in [1.54, 1.807) is 18.2 Å². The van der Waals surface area contributed by atoms with Crippen molar-refractivity contribution in [2.24, 2.45) is 0 Å². The van der Waals surface area contributed by atoms with Crippen LogP contribution >= 0.6 is 50.7 Å². The number of halogens is 4. The molecule has 132 valence electrons. The fourth-order valence-corrected chi connectivity index (χ4v) is 5.09. The molecule has 2 amide bonds. The van der Waals surface area contributed by atoms with E-state index in [0.29, 0.717) is 11.1 Å². The Bertz CT molecular complexity index is 827. The summed E-state index contributed by atoms with van der Waals surface area (Å²) in [5.74, 6) is -1.95. The molecule has 0 radical (unpaired) electrons. The number of phenolic OH excluding ortho intramolecular Hbond substituents is 1. The van der Waals surface area contributed by atoms with Crippen LogP contribution in [0.25, 0.3) is 0 Å². The fourth-order valence-electron chi connectivity index (χ4n) is 3.48. The Labute approximate surface area is 168 Å². The number of benzene rings is 1. The van der Waals surface area contributed by atoms with E-state index in [1.807, 2.05) is 0 Å². The summed E-state index contributed by atoms with van der Waals surface area (Å²) in [7, 11) is 0. The Morgan fingerprint density at radius 3 is 2.60 bits per heavy atom. The minimum Gasteiger partial charge on any atom is -0.508 e. The van der Waals surface area contributed by atoms with Crippen molar-refractivity contribution in [1.29, 1.82) is 0 Å². The number of carbonyl (C=O) groups is 2. The van der Waals surface area contributed by atoms with Crippen LogP contribution in [-0.2, 0) is 9.59 Å². The second kappa shape index (κ2) is 6.31. The summed E-state index contributed by atoms with van der Waals surface area (Å²) in [6.45, 7) is 3.78. The first kappa shape index (κ1) is 18.8. The van der Waals surface area contributed by atoms with Crippen LogP contribution in [0.5, 0.6) is 5.75 Å². The zero-order valence-corrected chi connectivity index (χ0v) is 16.7. The minimum absolute atomic E-state index is 0.00689. The van der Waals surface area contributed by atoms with Crippen LogP contribution in [0, 0.1) is 0 Å². The molecule has 1 aromatic carbocycles. The molecular weight excluding hydrogens is 452 g/mol. The normalized spacial score (nSPS) is 31.8. The summed E-state index contributed by atoms with van der Waals surface area (Å²) in [4.78, 5) is 23.4. The van der Waals surface area contributed by atoms with Crippen LogP contribution < -0.4 is 0 Å². The molecule has 4 nitrogen and oxygen atoms in total. The van der Waals surface area contributed by atoms with Gasteiger partial charge >= 0.3 is 0 Å². The third-order valence-corrected chi connectivity index (χ3v) is 6.96. The third-order valence-electron chi connectivity index (χ3n) is 4.72. The molecule has 1 saturated heterocycles. The first-order valence-electron chi connectivity index (χ1n) is 7.33. The number of aromatic hydroxyl groups is 1. The van der Waals surface area contributed by atoms with Crippen LogP contribution in [0.15, 0.2) is 42.5 Å². The van der Waals surface area contributed by atoms with Crippen molar-refractivity contribution in [2.75, 3.05) is 5.45 Å². The molecule has 1 aliphatic carbocycles. The standard InChI is InChI=1S/C17H13BrCl3NO3/c1-2-9-5-6-16(20)14(24)22(8-18)15(25)17(16,21)13(9)11-4-3-10(23)7-12(11)19/h2-5,7,13,23H,1,6,8H2. The fraction of sp³-hybridized carbons (Fsp3) is 0.294. The first-order chi connectivity index (χ1) is 11.7. The van der Waals surface area contributed by atoms with E-state index in [9.17, 15) is 14.7 Å². The number of hydrogen-bond acceptors (Lipinski definition) is 3. The van der Waals surface area contributed by atoms with E-state index < -0.39 is 27.5 Å². The lowest BCUT2D eigenvalue weighted by molar-refractivity contribution is -0.138. The zero-order chi connectivity index (χ0) is 18.6. The number of phenols is 1. The molecule has 1 aromatic rings. The van der Waals surface area contributed by atoms with E-state index in [4.69, 9.17) is 34.8 Å². The van der Waals surface area contributed by atoms with Crippen LogP contribution in [0.1, 0.15) is 17.9 Å². The number of rotatable bonds is 3. The van der Waals surface area contributed by atoms with Gasteiger partial charge in [0.05, 0.1) is 5.45 Å². The number of imide groups is 1. The molecule has 1 N–H and O–H groups in total. The smallest absolute Gasteiger partial charge is 0.254 e. The summed E-state index contributed by atoms with van der Waals surface area (Å²) in [6.07, 6.45) is 3.42. The van der Waals surface area contributed by atoms with Crippen molar-refractivity contribution >= 4 is 62.5 Å². The van der Waals surface area contributed by atoms with Gasteiger partial charge in [0.2, 0.25) is 0 Å². The summed E-state index contributed by atoms with van der Waals surface area (Å²) in [6, 6.07) is 4.36. The molecule has 0 bridgehead atoms. The monoisotopic (exact) mass is 463 g/mol. The molecule has 0 saturated carbocycles. The maximum Gasteiger partial charge on any atom is 0.254 e. The number of amides is 2. The van der Waals surface area contributed by atoms with E-state index >= 15 is 0 Å². The highest BCUT2D eigenvalue weighted by atomic mass is 79.9. The molecule has 3 atom stereocenters. The third kappa shape index (κ3) is 2.40. The van der Waals surface area contributed by atoms with E-state index in [2.05, 4.69) is 22.5 Å². The minimum atomic E-state index is -1.75. The van der Waals surface area contributed by atoms with Crippen LogP contribution in [0.3, 0.4) is 0 Å². The molecule has 0 aromatic heterocycles. The second-order valence-electron chi connectivity index (χ2n) is 5.92. The van der Waals surface area contributed by atoms with Gasteiger partial charge in [-0.1, -0.05) is 52.3 Å². The van der Waals surface area contributed by atoms with Gasteiger partial charge in [0.25, 0.3) is 11.8 Å². The van der Waals surface area contributed by atoms with Crippen molar-refractivity contribution in [3.63, 3.8) is 0 Å². The summed E-state index contributed by atoms with van der Waals surface area (Å²) in [5, 5.41) is 9.84. The molecule has 1 fully saturated rings. The molecule has 3 rings (SSSR count). The van der Waals surface area contributed by atoms with Gasteiger partial charge in [0.15, 0.2) is 9.75 Å². The van der Waals surface area contributed by atoms with Gasteiger partial charge in [0.1, 0.15) is 5.75 Å². The largest absolute Gasteiger partial charge is 0.508 e. The highest BCUT2D eigenvalue weighted by Crippen LogP contribution is 2.59. The molecule has 0 spiro atoms. The Balaban J connectivity index is 2.29. The number of carbonyl (C=O) groups excluding carboxylic acids is 2. The summed E-state index contributed by atoms with van der Waals surface area (Å²) < 4.78 is 0. The Morgan fingerprint density at radius 2 is 2.04 bits per heavy atom. The van der Waals surface area contributed by atoms with Gasteiger partial charge in [0, 0.05) is 10.9 Å².